The molecule has 4 aliphatic rings. The second-order valence-electron chi connectivity index (χ2n) is 8.59. The predicted molar refractivity (Wildman–Crippen MR) is 94.7 cm³/mol. The normalized spacial score (nSPS) is 32.0. The summed E-state index contributed by atoms with van der Waals surface area (Å²) in [4.78, 5) is 5.65. The van der Waals surface area contributed by atoms with E-state index in [1.165, 1.54) is 96.8 Å². The molecule has 0 aromatic rings. The molecule has 0 aromatic carbocycles. The van der Waals surface area contributed by atoms with E-state index in [-0.39, 0.29) is 0 Å². The van der Waals surface area contributed by atoms with Crippen molar-refractivity contribution in [2.75, 3.05) is 32.8 Å². The molecular formula is C20H36N2O. The van der Waals surface area contributed by atoms with E-state index in [1.807, 2.05) is 0 Å². The molecule has 132 valence electrons. The molecule has 0 bridgehead atoms. The first-order valence-electron chi connectivity index (χ1n) is 10.5. The molecule has 4 fully saturated rings. The van der Waals surface area contributed by atoms with Gasteiger partial charge >= 0.3 is 0 Å². The van der Waals surface area contributed by atoms with Gasteiger partial charge in [-0.1, -0.05) is 19.3 Å². The fourth-order valence-electron chi connectivity index (χ4n) is 5.28. The lowest BCUT2D eigenvalue weighted by atomic mass is 9.88. The van der Waals surface area contributed by atoms with E-state index in [0.717, 1.165) is 24.6 Å². The van der Waals surface area contributed by atoms with Gasteiger partial charge in [-0.25, -0.2) is 0 Å². The molecule has 3 nitrogen and oxygen atoms in total. The molecule has 3 heteroatoms. The van der Waals surface area contributed by atoms with Gasteiger partial charge in [-0.3, -0.25) is 4.90 Å². The molecule has 0 N–H and O–H groups in total. The van der Waals surface area contributed by atoms with Gasteiger partial charge in [0, 0.05) is 31.8 Å². The van der Waals surface area contributed by atoms with Crippen molar-refractivity contribution < 1.29 is 4.74 Å². The van der Waals surface area contributed by atoms with Crippen molar-refractivity contribution in [3.8, 4) is 0 Å². The topological polar surface area (TPSA) is 15.7 Å². The third-order valence-electron chi connectivity index (χ3n) is 7.04. The molecule has 0 amide bonds. The quantitative estimate of drug-likeness (QED) is 0.742. The number of hydrogen-bond donors (Lipinski definition) is 0. The summed E-state index contributed by atoms with van der Waals surface area (Å²) in [7, 11) is 0. The van der Waals surface area contributed by atoms with Crippen molar-refractivity contribution in [3.63, 3.8) is 0 Å². The summed E-state index contributed by atoms with van der Waals surface area (Å²) in [5, 5.41) is 0. The van der Waals surface area contributed by atoms with Gasteiger partial charge in [-0.2, -0.15) is 0 Å². The molecule has 2 heterocycles. The number of hydrogen-bond acceptors (Lipinski definition) is 3. The van der Waals surface area contributed by atoms with Crippen LogP contribution >= 0.6 is 0 Å². The van der Waals surface area contributed by atoms with Gasteiger partial charge in [-0.15, -0.1) is 0 Å². The summed E-state index contributed by atoms with van der Waals surface area (Å²) < 4.78 is 5.93. The Hall–Kier alpha value is -0.120. The van der Waals surface area contributed by atoms with Gasteiger partial charge in [0.1, 0.15) is 0 Å². The van der Waals surface area contributed by atoms with Crippen LogP contribution in [0.2, 0.25) is 0 Å². The smallest absolute Gasteiger partial charge is 0.0702 e. The zero-order valence-corrected chi connectivity index (χ0v) is 14.9. The van der Waals surface area contributed by atoms with Gasteiger partial charge in [-0.05, 0) is 70.4 Å². The highest BCUT2D eigenvalue weighted by Crippen LogP contribution is 2.31. The molecule has 0 radical (unpaired) electrons. The lowest BCUT2D eigenvalue weighted by molar-refractivity contribution is 0.0205. The van der Waals surface area contributed by atoms with Crippen molar-refractivity contribution in [3.05, 3.63) is 0 Å². The SMILES string of the molecule is C1COC(CN(CC2CCN(C3CCCC3)CC2)C2CCC2)C1. The summed E-state index contributed by atoms with van der Waals surface area (Å²) >= 11 is 0. The zero-order valence-electron chi connectivity index (χ0n) is 14.9. The highest BCUT2D eigenvalue weighted by Gasteiger charge is 2.32. The average Bonchev–Trinajstić information content (AvgIpc) is 3.19. The van der Waals surface area contributed by atoms with Crippen LogP contribution in [0.3, 0.4) is 0 Å². The van der Waals surface area contributed by atoms with Gasteiger partial charge in [0.05, 0.1) is 6.10 Å². The maximum absolute atomic E-state index is 5.93. The summed E-state index contributed by atoms with van der Waals surface area (Å²) in [5.74, 6) is 0.939. The van der Waals surface area contributed by atoms with E-state index in [0.29, 0.717) is 6.10 Å². The fourth-order valence-corrected chi connectivity index (χ4v) is 5.28. The number of nitrogens with zero attached hydrogens (tertiary/aromatic N) is 2. The maximum Gasteiger partial charge on any atom is 0.0702 e. The van der Waals surface area contributed by atoms with Crippen molar-refractivity contribution >= 4 is 0 Å². The van der Waals surface area contributed by atoms with Crippen molar-refractivity contribution in [1.82, 2.24) is 9.80 Å². The van der Waals surface area contributed by atoms with Gasteiger partial charge in [0.15, 0.2) is 0 Å². The Balaban J connectivity index is 1.25. The van der Waals surface area contributed by atoms with E-state index in [1.54, 1.807) is 0 Å². The summed E-state index contributed by atoms with van der Waals surface area (Å²) in [6, 6.07) is 1.82. The van der Waals surface area contributed by atoms with E-state index in [2.05, 4.69) is 9.80 Å². The summed E-state index contributed by atoms with van der Waals surface area (Å²) in [6.45, 7) is 6.31. The van der Waals surface area contributed by atoms with Crippen LogP contribution < -0.4 is 0 Å². The monoisotopic (exact) mass is 320 g/mol. The van der Waals surface area contributed by atoms with E-state index in [9.17, 15) is 0 Å². The summed E-state index contributed by atoms with van der Waals surface area (Å²) in [6.07, 6.45) is 16.2. The van der Waals surface area contributed by atoms with Crippen molar-refractivity contribution in [2.45, 2.75) is 88.8 Å². The minimum Gasteiger partial charge on any atom is -0.377 e. The molecule has 1 unspecified atom stereocenters. The highest BCUT2D eigenvalue weighted by molar-refractivity contribution is 4.87. The fraction of sp³-hybridized carbons (Fsp3) is 1.00. The molecule has 2 saturated carbocycles. The van der Waals surface area contributed by atoms with Crippen molar-refractivity contribution in [2.24, 2.45) is 5.92 Å². The molecule has 0 aromatic heterocycles. The Kier molecular flexibility index (Phi) is 5.58. The molecule has 4 rings (SSSR count). The first-order chi connectivity index (χ1) is 11.4. The zero-order chi connectivity index (χ0) is 15.5. The lowest BCUT2D eigenvalue weighted by Gasteiger charge is -2.43. The Labute approximate surface area is 142 Å². The molecular weight excluding hydrogens is 284 g/mol. The van der Waals surface area contributed by atoms with Gasteiger partial charge in [0.2, 0.25) is 0 Å². The molecule has 2 aliphatic carbocycles. The van der Waals surface area contributed by atoms with E-state index in [4.69, 9.17) is 4.74 Å². The molecule has 2 saturated heterocycles. The number of rotatable bonds is 6. The largest absolute Gasteiger partial charge is 0.377 e. The maximum atomic E-state index is 5.93. The third-order valence-corrected chi connectivity index (χ3v) is 7.04. The van der Waals surface area contributed by atoms with Crippen LogP contribution in [0.5, 0.6) is 0 Å². The Morgan fingerprint density at radius 1 is 0.783 bits per heavy atom. The minimum atomic E-state index is 0.536. The highest BCUT2D eigenvalue weighted by atomic mass is 16.5. The first kappa shape index (κ1) is 16.4. The van der Waals surface area contributed by atoms with Gasteiger partial charge < -0.3 is 9.64 Å². The second kappa shape index (κ2) is 7.84. The van der Waals surface area contributed by atoms with E-state index >= 15 is 0 Å². The minimum absolute atomic E-state index is 0.536. The van der Waals surface area contributed by atoms with Crippen LogP contribution in [-0.2, 0) is 4.74 Å². The van der Waals surface area contributed by atoms with Crippen LogP contribution in [-0.4, -0.2) is 60.8 Å². The Morgan fingerprint density at radius 3 is 2.17 bits per heavy atom. The van der Waals surface area contributed by atoms with E-state index < -0.39 is 0 Å². The molecule has 2 aliphatic heterocycles. The molecule has 23 heavy (non-hydrogen) atoms. The molecule has 1 atom stereocenters. The predicted octanol–water partition coefficient (Wildman–Crippen LogP) is 3.67. The van der Waals surface area contributed by atoms with Crippen molar-refractivity contribution in [1.29, 1.82) is 0 Å². The van der Waals surface area contributed by atoms with Gasteiger partial charge in [0.25, 0.3) is 0 Å². The number of piperidine rings is 1. The van der Waals surface area contributed by atoms with Crippen LogP contribution in [0.4, 0.5) is 0 Å². The molecule has 0 spiro atoms. The number of ether oxygens (including phenoxy) is 1. The number of likely N-dealkylation sites (tertiary alicyclic amines) is 1. The summed E-state index contributed by atoms with van der Waals surface area (Å²) in [5.41, 5.74) is 0. The Morgan fingerprint density at radius 2 is 1.57 bits per heavy atom. The Bertz CT molecular complexity index is 351. The second-order valence-corrected chi connectivity index (χ2v) is 8.59. The standard InChI is InChI=1S/C20H36N2O/c1-2-6-18(5-1)21-12-10-17(11-13-21)15-22(19-7-3-8-19)16-20-9-4-14-23-20/h17-20H,1-16H2. The van der Waals surface area contributed by atoms with Crippen LogP contribution in [0.1, 0.15) is 70.6 Å². The average molecular weight is 321 g/mol. The lowest BCUT2D eigenvalue weighted by Crippen LogP contribution is -2.48. The van der Waals surface area contributed by atoms with Crippen LogP contribution in [0.25, 0.3) is 0 Å². The van der Waals surface area contributed by atoms with Crippen LogP contribution in [0.15, 0.2) is 0 Å². The first-order valence-corrected chi connectivity index (χ1v) is 10.5. The third kappa shape index (κ3) is 4.11. The van der Waals surface area contributed by atoms with Crippen LogP contribution in [0, 0.1) is 5.92 Å².